The van der Waals surface area contributed by atoms with E-state index in [0.29, 0.717) is 0 Å². The van der Waals surface area contributed by atoms with Crippen LogP contribution in [0.15, 0.2) is 12.2 Å². The highest BCUT2D eigenvalue weighted by Gasteiger charge is 2.11. The highest BCUT2D eigenvalue weighted by molar-refractivity contribution is 5.93. The molecule has 0 saturated carbocycles. The van der Waals surface area contributed by atoms with Gasteiger partial charge in [-0.1, -0.05) is 13.0 Å². The van der Waals surface area contributed by atoms with Crippen molar-refractivity contribution in [2.45, 2.75) is 13.3 Å². The van der Waals surface area contributed by atoms with Crippen molar-refractivity contribution < 1.29 is 4.79 Å². The fraction of sp³-hybridized carbons (Fsp3) is 0.500. The molecule has 0 N–H and O–H groups in total. The van der Waals surface area contributed by atoms with Crippen LogP contribution < -0.4 is 0 Å². The van der Waals surface area contributed by atoms with Gasteiger partial charge in [-0.3, -0.25) is 4.79 Å². The van der Waals surface area contributed by atoms with Crippen LogP contribution in [0.1, 0.15) is 13.3 Å². The van der Waals surface area contributed by atoms with Gasteiger partial charge in [-0.25, -0.2) is 0 Å². The minimum Gasteiger partial charge on any atom is -0.295 e. The van der Waals surface area contributed by atoms with E-state index in [9.17, 15) is 4.79 Å². The summed E-state index contributed by atoms with van der Waals surface area (Å²) in [5.41, 5.74) is 0. The van der Waals surface area contributed by atoms with Gasteiger partial charge in [0.05, 0.1) is 0 Å². The number of carbonyl (C=O) groups excluding carboxylic acids is 1. The lowest BCUT2D eigenvalue weighted by molar-refractivity contribution is -0.116. The predicted molar refractivity (Wildman–Crippen MR) is 27.9 cm³/mol. The summed E-state index contributed by atoms with van der Waals surface area (Å²) in [4.78, 5) is 10.5. The van der Waals surface area contributed by atoms with E-state index >= 15 is 0 Å². The van der Waals surface area contributed by atoms with Crippen LogP contribution in [0.2, 0.25) is 0 Å². The smallest absolute Gasteiger partial charge is 0.158 e. The number of hydrogen-bond donors (Lipinski definition) is 0. The van der Waals surface area contributed by atoms with Crippen molar-refractivity contribution in [3.63, 3.8) is 0 Å². The van der Waals surface area contributed by atoms with Crippen LogP contribution in [-0.2, 0) is 4.79 Å². The van der Waals surface area contributed by atoms with Gasteiger partial charge in [0.2, 0.25) is 0 Å². The Morgan fingerprint density at radius 3 is 2.71 bits per heavy atom. The maximum absolute atomic E-state index is 10.5. The third-order valence-corrected chi connectivity index (χ3v) is 1.26. The second kappa shape index (κ2) is 1.49. The third kappa shape index (κ3) is 0.710. The minimum absolute atomic E-state index is 0.264. The first kappa shape index (κ1) is 4.57. The second-order valence-electron chi connectivity index (χ2n) is 1.94. The standard InChI is InChI=1S/C6H8O/c1-5-3-2-4-6(5)7/h2,4-5H,3H2,1H3. The fourth-order valence-electron chi connectivity index (χ4n) is 0.669. The molecule has 0 radical (unpaired) electrons. The van der Waals surface area contributed by atoms with Gasteiger partial charge in [0.25, 0.3) is 0 Å². The zero-order valence-electron chi connectivity index (χ0n) is 4.35. The molecule has 0 aliphatic heterocycles. The van der Waals surface area contributed by atoms with Crippen LogP contribution in [0.5, 0.6) is 0 Å². The average molecular weight is 96.1 g/mol. The Balaban J connectivity index is 2.62. The summed E-state index contributed by atoms with van der Waals surface area (Å²) in [5, 5.41) is 0. The summed E-state index contributed by atoms with van der Waals surface area (Å²) in [7, 11) is 0. The zero-order valence-corrected chi connectivity index (χ0v) is 4.35. The van der Waals surface area contributed by atoms with Crippen molar-refractivity contribution in [3.8, 4) is 0 Å². The zero-order chi connectivity index (χ0) is 5.28. The van der Waals surface area contributed by atoms with Gasteiger partial charge in [0.15, 0.2) is 5.78 Å². The average Bonchev–Trinajstić information content (AvgIpc) is 1.91. The molecule has 0 aromatic heterocycles. The molecule has 0 saturated heterocycles. The molecule has 0 spiro atoms. The van der Waals surface area contributed by atoms with Crippen molar-refractivity contribution in [1.29, 1.82) is 0 Å². The number of rotatable bonds is 0. The normalized spacial score (nSPS) is 29.3. The van der Waals surface area contributed by atoms with Crippen LogP contribution >= 0.6 is 0 Å². The Labute approximate surface area is 43.0 Å². The van der Waals surface area contributed by atoms with Crippen molar-refractivity contribution in [1.82, 2.24) is 0 Å². The largest absolute Gasteiger partial charge is 0.295 e. The molecule has 1 rings (SSSR count). The van der Waals surface area contributed by atoms with E-state index in [2.05, 4.69) is 0 Å². The molecule has 0 aromatic carbocycles. The summed E-state index contributed by atoms with van der Waals surface area (Å²) in [5.74, 6) is 0.542. The molecule has 0 heterocycles. The van der Waals surface area contributed by atoms with Gasteiger partial charge >= 0.3 is 0 Å². The van der Waals surface area contributed by atoms with Crippen molar-refractivity contribution in [2.75, 3.05) is 0 Å². The molecular weight excluding hydrogens is 88.1 g/mol. The van der Waals surface area contributed by atoms with E-state index < -0.39 is 0 Å². The fourth-order valence-corrected chi connectivity index (χ4v) is 0.669. The Kier molecular flexibility index (Phi) is 0.970. The predicted octanol–water partition coefficient (Wildman–Crippen LogP) is 1.15. The molecule has 0 fully saturated rings. The maximum Gasteiger partial charge on any atom is 0.158 e. The molecule has 1 heteroatoms. The van der Waals surface area contributed by atoms with E-state index in [1.807, 2.05) is 13.0 Å². The molecule has 1 aliphatic carbocycles. The van der Waals surface area contributed by atoms with E-state index in [1.54, 1.807) is 6.08 Å². The van der Waals surface area contributed by atoms with Crippen LogP contribution in [0.3, 0.4) is 0 Å². The van der Waals surface area contributed by atoms with Gasteiger partial charge in [0.1, 0.15) is 0 Å². The molecule has 1 aliphatic rings. The van der Waals surface area contributed by atoms with Gasteiger partial charge in [-0.05, 0) is 12.5 Å². The van der Waals surface area contributed by atoms with Gasteiger partial charge in [-0.2, -0.15) is 0 Å². The Morgan fingerprint density at radius 2 is 2.57 bits per heavy atom. The summed E-state index contributed by atoms with van der Waals surface area (Å²) >= 11 is 0. The Morgan fingerprint density at radius 1 is 1.86 bits per heavy atom. The number of carbonyl (C=O) groups is 1. The molecule has 0 bridgehead atoms. The highest BCUT2D eigenvalue weighted by atomic mass is 16.1. The second-order valence-corrected chi connectivity index (χ2v) is 1.94. The van der Waals surface area contributed by atoms with Gasteiger partial charge < -0.3 is 0 Å². The molecule has 1 nitrogen and oxygen atoms in total. The van der Waals surface area contributed by atoms with Gasteiger partial charge in [-0.15, -0.1) is 0 Å². The summed E-state index contributed by atoms with van der Waals surface area (Å²) in [6.07, 6.45) is 4.52. The summed E-state index contributed by atoms with van der Waals surface area (Å²) < 4.78 is 0. The number of hydrogen-bond acceptors (Lipinski definition) is 1. The lowest BCUT2D eigenvalue weighted by Gasteiger charge is -1.91. The minimum atomic E-state index is 0.264. The SMILES string of the molecule is CC1CC=CC1=O. The topological polar surface area (TPSA) is 17.1 Å². The molecular formula is C6H8O. The van der Waals surface area contributed by atoms with Crippen LogP contribution in [0.25, 0.3) is 0 Å². The van der Waals surface area contributed by atoms with E-state index in [1.165, 1.54) is 0 Å². The van der Waals surface area contributed by atoms with E-state index in [0.717, 1.165) is 6.42 Å². The Hall–Kier alpha value is -0.590. The number of ketones is 1. The van der Waals surface area contributed by atoms with E-state index in [4.69, 9.17) is 0 Å². The first-order chi connectivity index (χ1) is 3.30. The molecule has 1 atom stereocenters. The summed E-state index contributed by atoms with van der Waals surface area (Å²) in [6.45, 7) is 1.95. The quantitative estimate of drug-likeness (QED) is 0.442. The van der Waals surface area contributed by atoms with Crippen molar-refractivity contribution in [3.05, 3.63) is 12.2 Å². The molecule has 7 heavy (non-hydrogen) atoms. The van der Waals surface area contributed by atoms with E-state index in [-0.39, 0.29) is 11.7 Å². The molecule has 0 amide bonds. The lowest BCUT2D eigenvalue weighted by Crippen LogP contribution is -1.98. The highest BCUT2D eigenvalue weighted by Crippen LogP contribution is 2.11. The molecule has 0 aromatic rings. The molecule has 1 unspecified atom stereocenters. The monoisotopic (exact) mass is 96.1 g/mol. The van der Waals surface area contributed by atoms with Crippen LogP contribution in [0.4, 0.5) is 0 Å². The summed E-state index contributed by atoms with van der Waals surface area (Å²) in [6, 6.07) is 0. The maximum atomic E-state index is 10.5. The van der Waals surface area contributed by atoms with Crippen molar-refractivity contribution >= 4 is 5.78 Å². The van der Waals surface area contributed by atoms with Gasteiger partial charge in [0, 0.05) is 5.92 Å². The molecule has 38 valence electrons. The third-order valence-electron chi connectivity index (χ3n) is 1.26. The van der Waals surface area contributed by atoms with Crippen LogP contribution in [0, 0.1) is 5.92 Å². The van der Waals surface area contributed by atoms with Crippen molar-refractivity contribution in [2.24, 2.45) is 5.92 Å². The first-order valence-corrected chi connectivity index (χ1v) is 2.51. The van der Waals surface area contributed by atoms with Crippen LogP contribution in [-0.4, -0.2) is 5.78 Å². The Bertz CT molecular complexity index is 113. The lowest BCUT2D eigenvalue weighted by atomic mass is 10.1. The number of allylic oxidation sites excluding steroid dienone is 2. The first-order valence-electron chi connectivity index (χ1n) is 2.51.